The average Bonchev–Trinajstić information content (AvgIpc) is 3.23. The molecule has 6 heteroatoms. The van der Waals surface area contributed by atoms with Gasteiger partial charge in [0.15, 0.2) is 0 Å². The van der Waals surface area contributed by atoms with Crippen LogP contribution < -0.4 is 4.74 Å². The van der Waals surface area contributed by atoms with Crippen LogP contribution in [0.15, 0.2) is 66.7 Å². The summed E-state index contributed by atoms with van der Waals surface area (Å²) in [6.07, 6.45) is 0.877. The number of ether oxygens (including phenoxy) is 1. The summed E-state index contributed by atoms with van der Waals surface area (Å²) in [7, 11) is 3.41. The van der Waals surface area contributed by atoms with E-state index < -0.39 is 17.9 Å². The van der Waals surface area contributed by atoms with Crippen molar-refractivity contribution in [2.24, 2.45) is 5.92 Å². The number of rotatable bonds is 8. The number of carbonyl (C=O) groups excluding carboxylic acids is 1. The number of hydrogen-bond donors (Lipinski definition) is 1. The van der Waals surface area contributed by atoms with Gasteiger partial charge in [-0.3, -0.25) is 14.5 Å². The highest BCUT2D eigenvalue weighted by atomic mass is 16.5. The molecule has 3 aromatic rings. The Bertz CT molecular complexity index is 1160. The number of amides is 1. The monoisotopic (exact) mass is 460 g/mol. The molecule has 3 atom stereocenters. The number of aliphatic carboxylic acids is 1. The molecule has 1 aliphatic rings. The van der Waals surface area contributed by atoms with Crippen molar-refractivity contribution in [3.63, 3.8) is 0 Å². The van der Waals surface area contributed by atoms with Crippen LogP contribution in [0.4, 0.5) is 0 Å². The van der Waals surface area contributed by atoms with Gasteiger partial charge in [0, 0.05) is 32.1 Å². The second-order valence-electron chi connectivity index (χ2n) is 9.04. The fourth-order valence-corrected chi connectivity index (χ4v) is 5.12. The van der Waals surface area contributed by atoms with E-state index in [1.807, 2.05) is 60.4 Å². The first kappa shape index (κ1) is 23.8. The van der Waals surface area contributed by atoms with E-state index in [9.17, 15) is 14.7 Å². The molecule has 1 amide bonds. The Morgan fingerprint density at radius 2 is 1.71 bits per heavy atom. The molecule has 1 aliphatic heterocycles. The van der Waals surface area contributed by atoms with E-state index in [0.29, 0.717) is 18.8 Å². The summed E-state index contributed by atoms with van der Waals surface area (Å²) < 4.78 is 5.30. The van der Waals surface area contributed by atoms with Gasteiger partial charge in [0.05, 0.1) is 19.6 Å². The number of carbonyl (C=O) groups is 2. The maximum absolute atomic E-state index is 13.0. The van der Waals surface area contributed by atoms with Crippen molar-refractivity contribution in [2.45, 2.75) is 25.3 Å². The first-order valence-electron chi connectivity index (χ1n) is 11.8. The van der Waals surface area contributed by atoms with Crippen LogP contribution in [-0.2, 0) is 9.59 Å². The van der Waals surface area contributed by atoms with Gasteiger partial charge < -0.3 is 14.7 Å². The lowest BCUT2D eigenvalue weighted by molar-refractivity contribution is -0.143. The molecule has 3 aromatic carbocycles. The average molecular weight is 461 g/mol. The third-order valence-corrected chi connectivity index (χ3v) is 6.87. The number of hydrogen-bond acceptors (Lipinski definition) is 4. The predicted octanol–water partition coefficient (Wildman–Crippen LogP) is 4.56. The second kappa shape index (κ2) is 10.3. The van der Waals surface area contributed by atoms with Crippen LogP contribution >= 0.6 is 0 Å². The van der Waals surface area contributed by atoms with Crippen molar-refractivity contribution in [1.82, 2.24) is 9.80 Å². The van der Waals surface area contributed by atoms with E-state index >= 15 is 0 Å². The van der Waals surface area contributed by atoms with Gasteiger partial charge in [0.25, 0.3) is 0 Å². The molecular weight excluding hydrogens is 428 g/mol. The molecule has 0 unspecified atom stereocenters. The van der Waals surface area contributed by atoms with Crippen molar-refractivity contribution in [1.29, 1.82) is 0 Å². The number of carboxylic acid groups (broad SMARTS) is 1. The molecule has 178 valence electrons. The van der Waals surface area contributed by atoms with Gasteiger partial charge in [-0.25, -0.2) is 0 Å². The standard InChI is InChI=1S/C28H32N2O4/c1-4-15-29(2)25(31)18-30-17-24(22-10-9-19-7-5-6-8-21(19)16-22)26(28(32)33)27(30)20-11-13-23(34-3)14-12-20/h5-14,16,24,26-27H,4,15,17-18H2,1-3H3,(H,32,33)/t24-,26-,27+/m1/s1. The van der Waals surface area contributed by atoms with E-state index in [4.69, 9.17) is 4.74 Å². The summed E-state index contributed by atoms with van der Waals surface area (Å²) in [5.74, 6) is -1.05. The number of fused-ring (bicyclic) bond motifs is 1. The van der Waals surface area contributed by atoms with Crippen LogP contribution in [0.5, 0.6) is 5.75 Å². The van der Waals surface area contributed by atoms with Crippen LogP contribution in [0.25, 0.3) is 10.8 Å². The fourth-order valence-electron chi connectivity index (χ4n) is 5.12. The Morgan fingerprint density at radius 1 is 1.03 bits per heavy atom. The summed E-state index contributed by atoms with van der Waals surface area (Å²) in [4.78, 5) is 29.4. The normalized spacial score (nSPS) is 20.4. The maximum atomic E-state index is 13.0. The zero-order chi connectivity index (χ0) is 24.2. The molecule has 4 rings (SSSR count). The fraction of sp³-hybridized carbons (Fsp3) is 0.357. The number of likely N-dealkylation sites (tertiary alicyclic amines) is 1. The Hall–Kier alpha value is -3.38. The smallest absolute Gasteiger partial charge is 0.309 e. The Labute approximate surface area is 200 Å². The van der Waals surface area contributed by atoms with Crippen molar-refractivity contribution >= 4 is 22.6 Å². The summed E-state index contributed by atoms with van der Waals surface area (Å²) in [5.41, 5.74) is 1.86. The number of methoxy groups -OCH3 is 1. The largest absolute Gasteiger partial charge is 0.497 e. The molecule has 0 bridgehead atoms. The van der Waals surface area contributed by atoms with Gasteiger partial charge in [-0.15, -0.1) is 0 Å². The van der Waals surface area contributed by atoms with Crippen LogP contribution in [0.1, 0.15) is 36.4 Å². The van der Waals surface area contributed by atoms with Gasteiger partial charge in [0.2, 0.25) is 5.91 Å². The van der Waals surface area contributed by atoms with Gasteiger partial charge >= 0.3 is 5.97 Å². The van der Waals surface area contributed by atoms with Crippen LogP contribution in [-0.4, -0.2) is 60.6 Å². The Kier molecular flexibility index (Phi) is 7.17. The molecule has 1 N–H and O–H groups in total. The number of nitrogens with zero attached hydrogens (tertiary/aromatic N) is 2. The van der Waals surface area contributed by atoms with E-state index in [0.717, 1.165) is 28.3 Å². The minimum Gasteiger partial charge on any atom is -0.497 e. The van der Waals surface area contributed by atoms with Gasteiger partial charge in [-0.2, -0.15) is 0 Å². The topological polar surface area (TPSA) is 70.1 Å². The molecule has 0 spiro atoms. The van der Waals surface area contributed by atoms with E-state index in [1.165, 1.54) is 0 Å². The van der Waals surface area contributed by atoms with E-state index in [2.05, 4.69) is 18.2 Å². The molecule has 0 aromatic heterocycles. The summed E-state index contributed by atoms with van der Waals surface area (Å²) in [5, 5.41) is 12.6. The van der Waals surface area contributed by atoms with Crippen LogP contribution in [0, 0.1) is 5.92 Å². The molecule has 0 aliphatic carbocycles. The van der Waals surface area contributed by atoms with Crippen molar-refractivity contribution in [3.8, 4) is 5.75 Å². The lowest BCUT2D eigenvalue weighted by Crippen LogP contribution is -2.39. The highest BCUT2D eigenvalue weighted by molar-refractivity contribution is 5.84. The lowest BCUT2D eigenvalue weighted by Gasteiger charge is -2.28. The molecule has 1 heterocycles. The van der Waals surface area contributed by atoms with Crippen LogP contribution in [0.3, 0.4) is 0 Å². The van der Waals surface area contributed by atoms with E-state index in [1.54, 1.807) is 19.1 Å². The molecular formula is C28H32N2O4. The second-order valence-corrected chi connectivity index (χ2v) is 9.04. The van der Waals surface area contributed by atoms with Gasteiger partial charge in [0.1, 0.15) is 5.75 Å². The number of likely N-dealkylation sites (N-methyl/N-ethyl adjacent to an activating group) is 1. The van der Waals surface area contributed by atoms with Gasteiger partial charge in [-0.1, -0.05) is 61.5 Å². The zero-order valence-corrected chi connectivity index (χ0v) is 20.0. The SMILES string of the molecule is CCCN(C)C(=O)CN1C[C@H](c2ccc3ccccc3c2)[C@@H](C(=O)O)[C@@H]1c1ccc(OC)cc1. The molecule has 1 saturated heterocycles. The summed E-state index contributed by atoms with van der Waals surface area (Å²) >= 11 is 0. The Balaban J connectivity index is 1.74. The minimum absolute atomic E-state index is 0.00339. The summed E-state index contributed by atoms with van der Waals surface area (Å²) in [6, 6.07) is 21.4. The third kappa shape index (κ3) is 4.77. The highest BCUT2D eigenvalue weighted by Gasteiger charge is 2.48. The van der Waals surface area contributed by atoms with Crippen LogP contribution in [0.2, 0.25) is 0 Å². The lowest BCUT2D eigenvalue weighted by atomic mass is 9.82. The minimum atomic E-state index is -0.851. The van der Waals surface area contributed by atoms with E-state index in [-0.39, 0.29) is 18.4 Å². The maximum Gasteiger partial charge on any atom is 0.309 e. The highest BCUT2D eigenvalue weighted by Crippen LogP contribution is 2.46. The molecule has 1 fully saturated rings. The molecule has 0 radical (unpaired) electrons. The molecule has 34 heavy (non-hydrogen) atoms. The van der Waals surface area contributed by atoms with Crippen molar-refractivity contribution in [3.05, 3.63) is 77.9 Å². The quantitative estimate of drug-likeness (QED) is 0.534. The number of benzene rings is 3. The first-order valence-corrected chi connectivity index (χ1v) is 11.8. The predicted molar refractivity (Wildman–Crippen MR) is 133 cm³/mol. The summed E-state index contributed by atoms with van der Waals surface area (Å²) in [6.45, 7) is 3.39. The third-order valence-electron chi connectivity index (χ3n) is 6.87. The Morgan fingerprint density at radius 3 is 2.35 bits per heavy atom. The molecule has 0 saturated carbocycles. The van der Waals surface area contributed by atoms with Crippen molar-refractivity contribution in [2.75, 3.05) is 33.8 Å². The molecule has 6 nitrogen and oxygen atoms in total. The van der Waals surface area contributed by atoms with Gasteiger partial charge in [-0.05, 0) is 40.5 Å². The zero-order valence-electron chi connectivity index (χ0n) is 20.0. The van der Waals surface area contributed by atoms with Crippen molar-refractivity contribution < 1.29 is 19.4 Å². The first-order chi connectivity index (χ1) is 16.4. The number of carboxylic acids is 1.